The molecule has 5 nitrogen and oxygen atoms in total. The summed E-state index contributed by atoms with van der Waals surface area (Å²) in [4.78, 5) is 17.0. The molecule has 0 atom stereocenters. The number of carbonyl (C=O) groups excluding carboxylic acids is 1. The van der Waals surface area contributed by atoms with Crippen LogP contribution in [0.3, 0.4) is 0 Å². The first kappa shape index (κ1) is 12.4. The van der Waals surface area contributed by atoms with Gasteiger partial charge in [0.1, 0.15) is 5.82 Å². The van der Waals surface area contributed by atoms with Gasteiger partial charge in [-0.1, -0.05) is 0 Å². The summed E-state index contributed by atoms with van der Waals surface area (Å²) in [5.74, 6) is 0.644. The highest BCUT2D eigenvalue weighted by Gasteiger charge is 2.05. The lowest BCUT2D eigenvalue weighted by atomic mass is 10.3. The van der Waals surface area contributed by atoms with Crippen molar-refractivity contribution in [1.29, 1.82) is 0 Å². The molecule has 0 bridgehead atoms. The Kier molecular flexibility index (Phi) is 4.72. The fraction of sp³-hybridized carbons (Fsp3) is 0.455. The molecule has 16 heavy (non-hydrogen) atoms. The van der Waals surface area contributed by atoms with Crippen LogP contribution in [0.2, 0.25) is 0 Å². The molecule has 0 saturated heterocycles. The molecule has 0 fully saturated rings. The second-order valence-corrected chi connectivity index (χ2v) is 3.39. The van der Waals surface area contributed by atoms with Crippen molar-refractivity contribution < 1.29 is 9.90 Å². The molecule has 2 N–H and O–H groups in total. The van der Waals surface area contributed by atoms with E-state index in [4.69, 9.17) is 5.11 Å². The van der Waals surface area contributed by atoms with Gasteiger partial charge in [-0.2, -0.15) is 0 Å². The molecule has 0 aliphatic heterocycles. The Morgan fingerprint density at radius 2 is 2.38 bits per heavy atom. The average molecular weight is 223 g/mol. The zero-order chi connectivity index (χ0) is 12.0. The Balaban J connectivity index is 2.83. The molecule has 0 radical (unpaired) electrons. The molecule has 88 valence electrons. The first-order valence-corrected chi connectivity index (χ1v) is 5.26. The van der Waals surface area contributed by atoms with E-state index in [9.17, 15) is 4.79 Å². The number of hydrogen-bond donors (Lipinski definition) is 2. The number of carbonyl (C=O) groups is 1. The van der Waals surface area contributed by atoms with Crippen molar-refractivity contribution in [2.75, 3.05) is 29.9 Å². The molecule has 1 aromatic rings. The summed E-state index contributed by atoms with van der Waals surface area (Å²) in [5.41, 5.74) is 0.717. The Bertz CT molecular complexity index is 355. The third-order valence-electron chi connectivity index (χ3n) is 2.14. The monoisotopic (exact) mass is 223 g/mol. The molecular formula is C11H17N3O2. The standard InChI is InChI=1S/C11H17N3O2/c1-3-14(6-7-15)11-8-10(4-5-12-11)13-9(2)16/h4-5,8,15H,3,6-7H2,1-2H3,(H,12,13,16). The van der Waals surface area contributed by atoms with Crippen LogP contribution < -0.4 is 10.2 Å². The fourth-order valence-corrected chi connectivity index (χ4v) is 1.43. The fourth-order valence-electron chi connectivity index (χ4n) is 1.43. The summed E-state index contributed by atoms with van der Waals surface area (Å²) in [6, 6.07) is 3.53. The minimum absolute atomic E-state index is 0.0832. The van der Waals surface area contributed by atoms with Crippen LogP contribution in [0.4, 0.5) is 11.5 Å². The van der Waals surface area contributed by atoms with Gasteiger partial charge in [0, 0.05) is 38.0 Å². The van der Waals surface area contributed by atoms with Gasteiger partial charge in [0.05, 0.1) is 6.61 Å². The molecule has 0 aliphatic carbocycles. The number of nitrogens with zero attached hydrogens (tertiary/aromatic N) is 2. The lowest BCUT2D eigenvalue weighted by Gasteiger charge is -2.21. The van der Waals surface area contributed by atoms with Gasteiger partial charge in [-0.3, -0.25) is 4.79 Å². The van der Waals surface area contributed by atoms with Gasteiger partial charge in [0.15, 0.2) is 0 Å². The van der Waals surface area contributed by atoms with Gasteiger partial charge in [-0.15, -0.1) is 0 Å². The Hall–Kier alpha value is -1.62. The van der Waals surface area contributed by atoms with Crippen LogP contribution in [0.15, 0.2) is 18.3 Å². The number of anilines is 2. The maximum absolute atomic E-state index is 10.9. The molecule has 0 aliphatic rings. The molecule has 0 aromatic carbocycles. The van der Waals surface area contributed by atoms with Crippen molar-refractivity contribution in [2.45, 2.75) is 13.8 Å². The van der Waals surface area contributed by atoms with Crippen molar-refractivity contribution in [2.24, 2.45) is 0 Å². The topological polar surface area (TPSA) is 65.5 Å². The summed E-state index contributed by atoms with van der Waals surface area (Å²) in [5, 5.41) is 11.6. The third-order valence-corrected chi connectivity index (χ3v) is 2.14. The second-order valence-electron chi connectivity index (χ2n) is 3.39. The molecule has 0 spiro atoms. The maximum Gasteiger partial charge on any atom is 0.221 e. The van der Waals surface area contributed by atoms with Crippen LogP contribution >= 0.6 is 0 Å². The largest absolute Gasteiger partial charge is 0.395 e. The van der Waals surface area contributed by atoms with Crippen LogP contribution in [-0.2, 0) is 4.79 Å². The average Bonchev–Trinajstić information content (AvgIpc) is 2.25. The highest BCUT2D eigenvalue weighted by Crippen LogP contribution is 2.15. The van der Waals surface area contributed by atoms with Crippen molar-refractivity contribution in [3.8, 4) is 0 Å². The number of amides is 1. The molecule has 0 unspecified atom stereocenters. The third kappa shape index (κ3) is 3.51. The van der Waals surface area contributed by atoms with Crippen LogP contribution in [-0.4, -0.2) is 35.7 Å². The number of aromatic nitrogens is 1. The molecule has 1 aromatic heterocycles. The van der Waals surface area contributed by atoms with Crippen molar-refractivity contribution in [3.63, 3.8) is 0 Å². The van der Waals surface area contributed by atoms with Crippen molar-refractivity contribution in [3.05, 3.63) is 18.3 Å². The van der Waals surface area contributed by atoms with E-state index < -0.39 is 0 Å². The predicted octanol–water partition coefficient (Wildman–Crippen LogP) is 0.859. The zero-order valence-electron chi connectivity index (χ0n) is 9.60. The number of likely N-dealkylation sites (N-methyl/N-ethyl adjacent to an activating group) is 1. The number of aliphatic hydroxyl groups excluding tert-OH is 1. The van der Waals surface area contributed by atoms with Gasteiger partial charge >= 0.3 is 0 Å². The molecule has 0 saturated carbocycles. The Morgan fingerprint density at radius 3 is 2.94 bits per heavy atom. The number of pyridine rings is 1. The van der Waals surface area contributed by atoms with E-state index in [1.165, 1.54) is 6.92 Å². The van der Waals surface area contributed by atoms with E-state index in [0.29, 0.717) is 12.2 Å². The van der Waals surface area contributed by atoms with E-state index in [0.717, 1.165) is 12.4 Å². The normalized spacial score (nSPS) is 9.94. The summed E-state index contributed by atoms with van der Waals surface area (Å²) < 4.78 is 0. The van der Waals surface area contributed by atoms with Crippen LogP contribution in [0.25, 0.3) is 0 Å². The second kappa shape index (κ2) is 6.07. The lowest BCUT2D eigenvalue weighted by molar-refractivity contribution is -0.114. The van der Waals surface area contributed by atoms with E-state index in [2.05, 4.69) is 10.3 Å². The zero-order valence-corrected chi connectivity index (χ0v) is 9.60. The molecule has 5 heteroatoms. The molecule has 1 heterocycles. The van der Waals surface area contributed by atoms with Gasteiger partial charge in [0.25, 0.3) is 0 Å². The highest BCUT2D eigenvalue weighted by atomic mass is 16.3. The lowest BCUT2D eigenvalue weighted by Crippen LogP contribution is -2.27. The van der Waals surface area contributed by atoms with Gasteiger partial charge in [0.2, 0.25) is 5.91 Å². The molecular weight excluding hydrogens is 206 g/mol. The number of rotatable bonds is 5. The van der Waals surface area contributed by atoms with Crippen molar-refractivity contribution in [1.82, 2.24) is 4.98 Å². The Morgan fingerprint density at radius 1 is 1.62 bits per heavy atom. The summed E-state index contributed by atoms with van der Waals surface area (Å²) in [6.07, 6.45) is 1.64. The molecule has 1 rings (SSSR count). The highest BCUT2D eigenvalue weighted by molar-refractivity contribution is 5.88. The Labute approximate surface area is 95.1 Å². The van der Waals surface area contributed by atoms with Gasteiger partial charge in [-0.25, -0.2) is 4.98 Å². The first-order valence-electron chi connectivity index (χ1n) is 5.26. The summed E-state index contributed by atoms with van der Waals surface area (Å²) >= 11 is 0. The minimum Gasteiger partial charge on any atom is -0.395 e. The SMILES string of the molecule is CCN(CCO)c1cc(NC(C)=O)ccn1. The van der Waals surface area contributed by atoms with Gasteiger partial charge in [-0.05, 0) is 13.0 Å². The maximum atomic E-state index is 10.9. The summed E-state index contributed by atoms with van der Waals surface area (Å²) in [7, 11) is 0. The van der Waals surface area contributed by atoms with E-state index in [-0.39, 0.29) is 12.5 Å². The summed E-state index contributed by atoms with van der Waals surface area (Å²) in [6.45, 7) is 4.83. The van der Waals surface area contributed by atoms with Crippen LogP contribution in [0.5, 0.6) is 0 Å². The first-order chi connectivity index (χ1) is 7.67. The predicted molar refractivity (Wildman–Crippen MR) is 63.5 cm³/mol. The van der Waals surface area contributed by atoms with Crippen LogP contribution in [0, 0.1) is 0 Å². The van der Waals surface area contributed by atoms with E-state index >= 15 is 0 Å². The molecule has 1 amide bonds. The smallest absolute Gasteiger partial charge is 0.221 e. The van der Waals surface area contributed by atoms with Crippen molar-refractivity contribution >= 4 is 17.4 Å². The van der Waals surface area contributed by atoms with Gasteiger partial charge < -0.3 is 15.3 Å². The van der Waals surface area contributed by atoms with Crippen LogP contribution in [0.1, 0.15) is 13.8 Å². The number of aliphatic hydroxyl groups is 1. The number of hydrogen-bond acceptors (Lipinski definition) is 4. The van der Waals surface area contributed by atoms with E-state index in [1.54, 1.807) is 18.3 Å². The quantitative estimate of drug-likeness (QED) is 0.777. The van der Waals surface area contributed by atoms with E-state index in [1.807, 2.05) is 11.8 Å². The minimum atomic E-state index is -0.109. The number of nitrogens with one attached hydrogen (secondary N) is 1.